The van der Waals surface area contributed by atoms with E-state index in [9.17, 15) is 4.79 Å². The fraction of sp³-hybridized carbons (Fsp3) is 0.550. The SMILES string of the molecule is CCc1c(C)nn(CC(=O)N[C@H]2CCCN(Cc3cccnc3)C2)c1C. The smallest absolute Gasteiger partial charge is 0.242 e. The maximum Gasteiger partial charge on any atom is 0.242 e. The van der Waals surface area contributed by atoms with Crippen LogP contribution in [0.1, 0.15) is 42.3 Å². The zero-order valence-corrected chi connectivity index (χ0v) is 16.0. The Morgan fingerprint density at radius 3 is 2.92 bits per heavy atom. The Balaban J connectivity index is 1.54. The number of rotatable bonds is 6. The minimum atomic E-state index is 0.0477. The molecule has 6 heteroatoms. The van der Waals surface area contributed by atoms with Crippen molar-refractivity contribution >= 4 is 5.91 Å². The second-order valence-electron chi connectivity index (χ2n) is 7.16. The van der Waals surface area contributed by atoms with Crippen LogP contribution >= 0.6 is 0 Å². The third kappa shape index (κ3) is 4.49. The Morgan fingerprint density at radius 1 is 1.38 bits per heavy atom. The van der Waals surface area contributed by atoms with Gasteiger partial charge >= 0.3 is 0 Å². The van der Waals surface area contributed by atoms with E-state index in [2.05, 4.69) is 33.3 Å². The lowest BCUT2D eigenvalue weighted by molar-refractivity contribution is -0.123. The number of piperidine rings is 1. The number of likely N-dealkylation sites (tertiary alicyclic amines) is 1. The average molecular weight is 355 g/mol. The number of hydrogen-bond acceptors (Lipinski definition) is 4. The van der Waals surface area contributed by atoms with Gasteiger partial charge in [-0.25, -0.2) is 0 Å². The van der Waals surface area contributed by atoms with Gasteiger partial charge in [0.1, 0.15) is 6.54 Å². The van der Waals surface area contributed by atoms with Gasteiger partial charge in [0, 0.05) is 37.2 Å². The number of nitrogens with zero attached hydrogens (tertiary/aromatic N) is 4. The van der Waals surface area contributed by atoms with Gasteiger partial charge in [0.2, 0.25) is 5.91 Å². The molecule has 3 heterocycles. The molecule has 1 atom stereocenters. The fourth-order valence-corrected chi connectivity index (χ4v) is 3.88. The molecule has 6 nitrogen and oxygen atoms in total. The van der Waals surface area contributed by atoms with Gasteiger partial charge in [-0.05, 0) is 56.8 Å². The van der Waals surface area contributed by atoms with Gasteiger partial charge in [0.05, 0.1) is 5.69 Å². The molecule has 2 aromatic rings. The van der Waals surface area contributed by atoms with E-state index in [1.165, 1.54) is 11.1 Å². The molecule has 0 saturated carbocycles. The molecule has 1 aliphatic heterocycles. The highest BCUT2D eigenvalue weighted by atomic mass is 16.2. The second kappa shape index (κ2) is 8.45. The molecule has 0 radical (unpaired) electrons. The van der Waals surface area contributed by atoms with Gasteiger partial charge in [-0.15, -0.1) is 0 Å². The first-order chi connectivity index (χ1) is 12.6. The van der Waals surface area contributed by atoms with E-state index >= 15 is 0 Å². The zero-order chi connectivity index (χ0) is 18.5. The topological polar surface area (TPSA) is 63.1 Å². The van der Waals surface area contributed by atoms with E-state index in [1.54, 1.807) is 6.20 Å². The minimum Gasteiger partial charge on any atom is -0.350 e. The number of hydrogen-bond donors (Lipinski definition) is 1. The molecule has 0 bridgehead atoms. The average Bonchev–Trinajstić information content (AvgIpc) is 2.89. The van der Waals surface area contributed by atoms with Gasteiger partial charge in [-0.1, -0.05) is 13.0 Å². The van der Waals surface area contributed by atoms with Crippen LogP contribution in [0.4, 0.5) is 0 Å². The number of nitrogens with one attached hydrogen (secondary N) is 1. The molecule has 1 N–H and O–H groups in total. The normalized spacial score (nSPS) is 18.0. The summed E-state index contributed by atoms with van der Waals surface area (Å²) in [5.41, 5.74) is 4.59. The highest BCUT2D eigenvalue weighted by Gasteiger charge is 2.22. The van der Waals surface area contributed by atoms with Crippen LogP contribution in [0.15, 0.2) is 24.5 Å². The van der Waals surface area contributed by atoms with Crippen molar-refractivity contribution in [3.05, 3.63) is 47.0 Å². The molecule has 1 aliphatic rings. The minimum absolute atomic E-state index is 0.0477. The standard InChI is InChI=1S/C20H29N5O/c1-4-19-15(2)23-25(16(19)3)14-20(26)22-18-8-6-10-24(13-18)12-17-7-5-9-21-11-17/h5,7,9,11,18H,4,6,8,10,12-14H2,1-3H3,(H,22,26)/t18-/m0/s1. The van der Waals surface area contributed by atoms with Gasteiger partial charge in [-0.3, -0.25) is 19.4 Å². The monoisotopic (exact) mass is 355 g/mol. The summed E-state index contributed by atoms with van der Waals surface area (Å²) < 4.78 is 1.83. The van der Waals surface area contributed by atoms with E-state index in [4.69, 9.17) is 0 Å². The summed E-state index contributed by atoms with van der Waals surface area (Å²) >= 11 is 0. The molecule has 0 aromatic carbocycles. The largest absolute Gasteiger partial charge is 0.350 e. The lowest BCUT2D eigenvalue weighted by Crippen LogP contribution is -2.48. The van der Waals surface area contributed by atoms with Crippen LogP contribution in [-0.4, -0.2) is 44.7 Å². The quantitative estimate of drug-likeness (QED) is 0.863. The van der Waals surface area contributed by atoms with Gasteiger partial charge in [-0.2, -0.15) is 5.10 Å². The van der Waals surface area contributed by atoms with Crippen LogP contribution in [0, 0.1) is 13.8 Å². The number of carbonyl (C=O) groups is 1. The van der Waals surface area contributed by atoms with Gasteiger partial charge < -0.3 is 5.32 Å². The molecule has 0 aliphatic carbocycles. The summed E-state index contributed by atoms with van der Waals surface area (Å²) in [4.78, 5) is 19.1. The first-order valence-electron chi connectivity index (χ1n) is 9.50. The molecule has 1 fully saturated rings. The molecular formula is C20H29N5O. The number of carbonyl (C=O) groups excluding carboxylic acids is 1. The number of aryl methyl sites for hydroxylation is 1. The lowest BCUT2D eigenvalue weighted by Gasteiger charge is -2.33. The molecule has 1 saturated heterocycles. The van der Waals surface area contributed by atoms with Crippen molar-refractivity contribution in [2.75, 3.05) is 13.1 Å². The maximum absolute atomic E-state index is 12.5. The van der Waals surface area contributed by atoms with Crippen molar-refractivity contribution in [3.63, 3.8) is 0 Å². The number of aromatic nitrogens is 3. The predicted octanol–water partition coefficient (Wildman–Crippen LogP) is 2.24. The summed E-state index contributed by atoms with van der Waals surface area (Å²) in [5.74, 6) is 0.0477. The summed E-state index contributed by atoms with van der Waals surface area (Å²) in [6.07, 6.45) is 6.80. The molecule has 0 spiro atoms. The molecular weight excluding hydrogens is 326 g/mol. The van der Waals surface area contributed by atoms with Crippen molar-refractivity contribution in [1.29, 1.82) is 0 Å². The molecule has 2 aromatic heterocycles. The van der Waals surface area contributed by atoms with E-state index in [0.717, 1.165) is 50.3 Å². The lowest BCUT2D eigenvalue weighted by atomic mass is 10.0. The van der Waals surface area contributed by atoms with Crippen LogP contribution in [0.5, 0.6) is 0 Å². The Kier molecular flexibility index (Phi) is 6.04. The van der Waals surface area contributed by atoms with Crippen LogP contribution in [0.2, 0.25) is 0 Å². The molecule has 140 valence electrons. The van der Waals surface area contributed by atoms with Crippen LogP contribution in [0.25, 0.3) is 0 Å². The first kappa shape index (κ1) is 18.6. The van der Waals surface area contributed by atoms with Gasteiger partial charge in [0.15, 0.2) is 0 Å². The fourth-order valence-electron chi connectivity index (χ4n) is 3.88. The first-order valence-corrected chi connectivity index (χ1v) is 9.50. The molecule has 26 heavy (non-hydrogen) atoms. The summed E-state index contributed by atoms with van der Waals surface area (Å²) in [6, 6.07) is 4.27. The highest BCUT2D eigenvalue weighted by molar-refractivity contribution is 5.76. The van der Waals surface area contributed by atoms with Crippen molar-refractivity contribution < 1.29 is 4.79 Å². The summed E-state index contributed by atoms with van der Waals surface area (Å²) in [6.45, 7) is 9.32. The van der Waals surface area contributed by atoms with Crippen molar-refractivity contribution in [3.8, 4) is 0 Å². The van der Waals surface area contributed by atoms with Crippen LogP contribution < -0.4 is 5.32 Å². The summed E-state index contributed by atoms with van der Waals surface area (Å²) in [5, 5.41) is 7.72. The van der Waals surface area contributed by atoms with Crippen molar-refractivity contribution in [2.24, 2.45) is 0 Å². The van der Waals surface area contributed by atoms with Crippen LogP contribution in [0.3, 0.4) is 0 Å². The summed E-state index contributed by atoms with van der Waals surface area (Å²) in [7, 11) is 0. The molecule has 1 amide bonds. The van der Waals surface area contributed by atoms with Crippen molar-refractivity contribution in [1.82, 2.24) is 25.0 Å². The number of pyridine rings is 1. The van der Waals surface area contributed by atoms with Crippen molar-refractivity contribution in [2.45, 2.75) is 59.2 Å². The Bertz CT molecular complexity index is 740. The Labute approximate surface area is 155 Å². The maximum atomic E-state index is 12.5. The molecule has 0 unspecified atom stereocenters. The third-order valence-corrected chi connectivity index (χ3v) is 5.18. The van der Waals surface area contributed by atoms with Crippen LogP contribution in [-0.2, 0) is 24.3 Å². The number of amides is 1. The third-order valence-electron chi connectivity index (χ3n) is 5.18. The Morgan fingerprint density at radius 2 is 2.23 bits per heavy atom. The van der Waals surface area contributed by atoms with Gasteiger partial charge in [0.25, 0.3) is 0 Å². The second-order valence-corrected chi connectivity index (χ2v) is 7.16. The zero-order valence-electron chi connectivity index (χ0n) is 16.0. The van der Waals surface area contributed by atoms with E-state index in [-0.39, 0.29) is 11.9 Å². The highest BCUT2D eigenvalue weighted by Crippen LogP contribution is 2.15. The van der Waals surface area contributed by atoms with E-state index in [0.29, 0.717) is 6.54 Å². The van der Waals surface area contributed by atoms with E-state index < -0.39 is 0 Å². The molecule has 3 rings (SSSR count). The predicted molar refractivity (Wildman–Crippen MR) is 102 cm³/mol. The Hall–Kier alpha value is -2.21. The van der Waals surface area contributed by atoms with E-state index in [1.807, 2.05) is 30.8 Å².